The molecule has 6 heteroatoms. The van der Waals surface area contributed by atoms with Gasteiger partial charge in [0.25, 0.3) is 0 Å². The molecule has 1 aliphatic heterocycles. The Bertz CT molecular complexity index is 560. The van der Waals surface area contributed by atoms with Crippen LogP contribution in [0.3, 0.4) is 0 Å². The van der Waals surface area contributed by atoms with E-state index < -0.39 is 0 Å². The molecule has 2 fully saturated rings. The average Bonchev–Trinajstić information content (AvgIpc) is 3.16. The second-order valence-electron chi connectivity index (χ2n) is 6.75. The van der Waals surface area contributed by atoms with Crippen LogP contribution >= 0.6 is 0 Å². The van der Waals surface area contributed by atoms with Gasteiger partial charge in [0.2, 0.25) is 5.91 Å². The summed E-state index contributed by atoms with van der Waals surface area (Å²) in [5.41, 5.74) is 0.878. The lowest BCUT2D eigenvalue weighted by molar-refractivity contribution is -0.140. The Kier molecular flexibility index (Phi) is 5.68. The lowest BCUT2D eigenvalue weighted by Crippen LogP contribution is -2.47. The summed E-state index contributed by atoms with van der Waals surface area (Å²) < 4.78 is 5.85. The Morgan fingerprint density at radius 2 is 2.21 bits per heavy atom. The van der Waals surface area contributed by atoms with Crippen molar-refractivity contribution in [1.29, 1.82) is 0 Å². The van der Waals surface area contributed by atoms with Crippen LogP contribution in [0.25, 0.3) is 0 Å². The number of nitrogens with zero attached hydrogens (tertiary/aromatic N) is 3. The summed E-state index contributed by atoms with van der Waals surface area (Å²) in [6.07, 6.45) is 4.87. The van der Waals surface area contributed by atoms with Crippen LogP contribution in [0, 0.1) is 0 Å². The van der Waals surface area contributed by atoms with E-state index >= 15 is 0 Å². The second-order valence-corrected chi connectivity index (χ2v) is 6.75. The number of carbonyl (C=O) groups excluding carboxylic acids is 1. The molecule has 0 unspecified atom stereocenters. The van der Waals surface area contributed by atoms with Gasteiger partial charge < -0.3 is 15.0 Å². The molecule has 24 heavy (non-hydrogen) atoms. The highest BCUT2D eigenvalue weighted by molar-refractivity contribution is 5.78. The van der Waals surface area contributed by atoms with E-state index in [0.717, 1.165) is 11.5 Å². The van der Waals surface area contributed by atoms with Gasteiger partial charge >= 0.3 is 0 Å². The maximum atomic E-state index is 12.7. The maximum absolute atomic E-state index is 12.7. The molecule has 6 nitrogen and oxygen atoms in total. The van der Waals surface area contributed by atoms with E-state index in [-0.39, 0.29) is 12.0 Å². The van der Waals surface area contributed by atoms with Crippen LogP contribution in [-0.4, -0.2) is 67.1 Å². The Labute approximate surface area is 144 Å². The molecule has 1 aromatic rings. The number of nitrogens with one attached hydrogen (secondary N) is 1. The van der Waals surface area contributed by atoms with Crippen LogP contribution in [0.2, 0.25) is 0 Å². The summed E-state index contributed by atoms with van der Waals surface area (Å²) in [5, 5.41) is 3.04. The van der Waals surface area contributed by atoms with Gasteiger partial charge in [-0.15, -0.1) is 0 Å². The molecule has 2 heterocycles. The van der Waals surface area contributed by atoms with E-state index in [9.17, 15) is 4.79 Å². The van der Waals surface area contributed by atoms with Crippen LogP contribution < -0.4 is 5.32 Å². The zero-order valence-electron chi connectivity index (χ0n) is 14.7. The van der Waals surface area contributed by atoms with Crippen molar-refractivity contribution in [1.82, 2.24) is 14.8 Å². The van der Waals surface area contributed by atoms with Gasteiger partial charge in [0.05, 0.1) is 25.4 Å². The normalized spacial score (nSPS) is 22.1. The second kappa shape index (κ2) is 7.94. The predicted octanol–water partition coefficient (Wildman–Crippen LogP) is 1.90. The van der Waals surface area contributed by atoms with E-state index in [1.807, 2.05) is 30.1 Å². The zero-order valence-corrected chi connectivity index (χ0v) is 14.7. The van der Waals surface area contributed by atoms with E-state index in [1.165, 1.54) is 25.7 Å². The van der Waals surface area contributed by atoms with E-state index in [0.29, 0.717) is 32.3 Å². The standard InChI is InChI=1S/C18H28N4O2/c1-19-17-9-5-8-15(20-17)16-12-22(10-11-24-16)18(23)13-21(2)14-6-3-4-7-14/h5,8-9,14,16H,3-4,6-7,10-13H2,1-2H3,(H,19,20)/t16-/m0/s1. The maximum Gasteiger partial charge on any atom is 0.236 e. The summed E-state index contributed by atoms with van der Waals surface area (Å²) >= 11 is 0. The molecule has 1 amide bonds. The smallest absolute Gasteiger partial charge is 0.236 e. The Hall–Kier alpha value is -1.66. The highest BCUT2D eigenvalue weighted by atomic mass is 16.5. The Morgan fingerprint density at radius 1 is 1.42 bits per heavy atom. The summed E-state index contributed by atoms with van der Waals surface area (Å²) in [7, 11) is 3.92. The van der Waals surface area contributed by atoms with Gasteiger partial charge in [0.1, 0.15) is 11.9 Å². The molecule has 0 bridgehead atoms. The summed E-state index contributed by atoms with van der Waals surface area (Å²) in [6.45, 7) is 2.31. The summed E-state index contributed by atoms with van der Waals surface area (Å²) in [6, 6.07) is 6.42. The number of rotatable bonds is 5. The summed E-state index contributed by atoms with van der Waals surface area (Å²) in [4.78, 5) is 21.4. The van der Waals surface area contributed by atoms with Crippen molar-refractivity contribution in [2.45, 2.75) is 37.8 Å². The zero-order chi connectivity index (χ0) is 16.9. The van der Waals surface area contributed by atoms with Gasteiger partial charge in [0.15, 0.2) is 0 Å². The number of anilines is 1. The van der Waals surface area contributed by atoms with Crippen molar-refractivity contribution in [3.8, 4) is 0 Å². The fraction of sp³-hybridized carbons (Fsp3) is 0.667. The minimum atomic E-state index is -0.146. The molecular formula is C18H28N4O2. The topological polar surface area (TPSA) is 57.7 Å². The molecule has 0 aromatic carbocycles. The first-order valence-corrected chi connectivity index (χ1v) is 8.91. The number of ether oxygens (including phenoxy) is 1. The molecule has 0 spiro atoms. The summed E-state index contributed by atoms with van der Waals surface area (Å²) in [5.74, 6) is 1.02. The van der Waals surface area contributed by atoms with Gasteiger partial charge in [-0.1, -0.05) is 18.9 Å². The third kappa shape index (κ3) is 4.05. The fourth-order valence-corrected chi connectivity index (χ4v) is 3.61. The molecule has 1 aromatic heterocycles. The van der Waals surface area contributed by atoms with Gasteiger partial charge in [-0.25, -0.2) is 4.98 Å². The van der Waals surface area contributed by atoms with E-state index in [2.05, 4.69) is 22.2 Å². The van der Waals surface area contributed by atoms with Gasteiger partial charge in [0, 0.05) is 19.6 Å². The molecule has 1 aliphatic carbocycles. The van der Waals surface area contributed by atoms with Crippen molar-refractivity contribution in [3.63, 3.8) is 0 Å². The Morgan fingerprint density at radius 3 is 2.96 bits per heavy atom. The number of morpholine rings is 1. The SMILES string of the molecule is CNc1cccc([C@@H]2CN(C(=O)CN(C)C3CCCC3)CCO2)n1. The van der Waals surface area contributed by atoms with Crippen molar-refractivity contribution < 1.29 is 9.53 Å². The minimum absolute atomic E-state index is 0.146. The fourth-order valence-electron chi connectivity index (χ4n) is 3.61. The predicted molar refractivity (Wildman–Crippen MR) is 93.9 cm³/mol. The van der Waals surface area contributed by atoms with Crippen LogP contribution in [0.1, 0.15) is 37.5 Å². The van der Waals surface area contributed by atoms with Gasteiger partial charge in [-0.05, 0) is 32.0 Å². The first kappa shape index (κ1) is 17.2. The quantitative estimate of drug-likeness (QED) is 0.892. The molecule has 1 atom stereocenters. The molecule has 1 saturated carbocycles. The van der Waals surface area contributed by atoms with Crippen molar-refractivity contribution in [2.75, 3.05) is 45.7 Å². The van der Waals surface area contributed by atoms with Crippen LogP contribution in [0.4, 0.5) is 5.82 Å². The first-order valence-electron chi connectivity index (χ1n) is 8.91. The number of amides is 1. The van der Waals surface area contributed by atoms with Crippen LogP contribution in [0.15, 0.2) is 18.2 Å². The lowest BCUT2D eigenvalue weighted by atomic mass is 10.1. The molecule has 3 rings (SSSR count). The number of carbonyl (C=O) groups is 1. The molecule has 132 valence electrons. The van der Waals surface area contributed by atoms with Crippen molar-refractivity contribution >= 4 is 11.7 Å². The number of pyridine rings is 1. The Balaban J connectivity index is 1.59. The number of aromatic nitrogens is 1. The third-order valence-corrected chi connectivity index (χ3v) is 5.11. The molecule has 1 saturated heterocycles. The van der Waals surface area contributed by atoms with Gasteiger partial charge in [-0.3, -0.25) is 9.69 Å². The number of hydrogen-bond donors (Lipinski definition) is 1. The third-order valence-electron chi connectivity index (χ3n) is 5.11. The highest BCUT2D eigenvalue weighted by Crippen LogP contribution is 2.24. The molecule has 1 N–H and O–H groups in total. The number of hydrogen-bond acceptors (Lipinski definition) is 5. The minimum Gasteiger partial charge on any atom is -0.373 e. The lowest BCUT2D eigenvalue weighted by Gasteiger charge is -2.34. The van der Waals surface area contributed by atoms with Crippen molar-refractivity contribution in [2.24, 2.45) is 0 Å². The molecule has 0 radical (unpaired) electrons. The van der Waals surface area contributed by atoms with Crippen LogP contribution in [-0.2, 0) is 9.53 Å². The highest BCUT2D eigenvalue weighted by Gasteiger charge is 2.28. The molecule has 2 aliphatic rings. The largest absolute Gasteiger partial charge is 0.373 e. The van der Waals surface area contributed by atoms with Gasteiger partial charge in [-0.2, -0.15) is 0 Å². The molecular weight excluding hydrogens is 304 g/mol. The number of likely N-dealkylation sites (N-methyl/N-ethyl adjacent to an activating group) is 1. The van der Waals surface area contributed by atoms with Crippen molar-refractivity contribution in [3.05, 3.63) is 23.9 Å². The van der Waals surface area contributed by atoms with E-state index in [1.54, 1.807) is 0 Å². The first-order chi connectivity index (χ1) is 11.7. The van der Waals surface area contributed by atoms with E-state index in [4.69, 9.17) is 4.74 Å². The van der Waals surface area contributed by atoms with Crippen LogP contribution in [0.5, 0.6) is 0 Å². The average molecular weight is 332 g/mol. The monoisotopic (exact) mass is 332 g/mol.